The lowest BCUT2D eigenvalue weighted by Crippen LogP contribution is -2.24. The molecule has 3 aromatic carbocycles. The molecule has 4 rings (SSSR count). The SMILES string of the molecule is COc1cccc(Oc2cc(C3CC(=O)N(c4cccc(N)c4)C3)ccc2OC)c1. The maximum Gasteiger partial charge on any atom is 0.227 e. The standard InChI is InChI=1S/C24H24N2O4/c1-28-20-7-4-8-21(14-20)30-23-11-16(9-10-22(23)29-2)17-12-24(27)26(15-17)19-6-3-5-18(25)13-19/h3-11,13-14,17H,12,15,25H2,1-2H3. The van der Waals surface area contributed by atoms with Gasteiger partial charge in [-0.25, -0.2) is 0 Å². The lowest BCUT2D eigenvalue weighted by molar-refractivity contribution is -0.117. The van der Waals surface area contributed by atoms with Crippen LogP contribution in [-0.2, 0) is 4.79 Å². The molecule has 1 saturated heterocycles. The highest BCUT2D eigenvalue weighted by Crippen LogP contribution is 2.38. The Bertz CT molecular complexity index is 1070. The number of nitrogens with two attached hydrogens (primary N) is 1. The van der Waals surface area contributed by atoms with Crippen molar-refractivity contribution in [1.29, 1.82) is 0 Å². The van der Waals surface area contributed by atoms with Gasteiger partial charge in [-0.3, -0.25) is 4.79 Å². The van der Waals surface area contributed by atoms with Crippen LogP contribution in [0.3, 0.4) is 0 Å². The maximum absolute atomic E-state index is 12.7. The van der Waals surface area contributed by atoms with Crippen LogP contribution in [0.1, 0.15) is 17.9 Å². The van der Waals surface area contributed by atoms with Crippen molar-refractivity contribution in [1.82, 2.24) is 0 Å². The summed E-state index contributed by atoms with van der Waals surface area (Å²) < 4.78 is 16.8. The predicted octanol–water partition coefficient (Wildman–Crippen LogP) is 4.60. The smallest absolute Gasteiger partial charge is 0.227 e. The highest BCUT2D eigenvalue weighted by atomic mass is 16.5. The van der Waals surface area contributed by atoms with Crippen molar-refractivity contribution in [3.05, 3.63) is 72.3 Å². The van der Waals surface area contributed by atoms with E-state index in [4.69, 9.17) is 19.9 Å². The zero-order valence-corrected chi connectivity index (χ0v) is 17.0. The topological polar surface area (TPSA) is 74.0 Å². The second-order valence-corrected chi connectivity index (χ2v) is 7.19. The Morgan fingerprint density at radius 3 is 2.47 bits per heavy atom. The normalized spacial score (nSPS) is 15.9. The molecule has 2 N–H and O–H groups in total. The van der Waals surface area contributed by atoms with Gasteiger partial charge in [0.15, 0.2) is 11.5 Å². The molecule has 1 aliphatic rings. The van der Waals surface area contributed by atoms with Crippen molar-refractivity contribution >= 4 is 17.3 Å². The summed E-state index contributed by atoms with van der Waals surface area (Å²) in [5.41, 5.74) is 8.37. The zero-order valence-electron chi connectivity index (χ0n) is 17.0. The fraction of sp³-hybridized carbons (Fsp3) is 0.208. The summed E-state index contributed by atoms with van der Waals surface area (Å²) in [5.74, 6) is 2.71. The van der Waals surface area contributed by atoms with Crippen LogP contribution >= 0.6 is 0 Å². The lowest BCUT2D eigenvalue weighted by Gasteiger charge is -2.18. The molecule has 0 bridgehead atoms. The Labute approximate surface area is 175 Å². The first kappa shape index (κ1) is 19.6. The van der Waals surface area contributed by atoms with E-state index in [1.54, 1.807) is 19.1 Å². The molecule has 0 saturated carbocycles. The van der Waals surface area contributed by atoms with E-state index < -0.39 is 0 Å². The van der Waals surface area contributed by atoms with E-state index in [9.17, 15) is 4.79 Å². The van der Waals surface area contributed by atoms with Crippen LogP contribution in [0, 0.1) is 0 Å². The highest BCUT2D eigenvalue weighted by molar-refractivity contribution is 5.96. The molecule has 6 heteroatoms. The summed E-state index contributed by atoms with van der Waals surface area (Å²) >= 11 is 0. The Kier molecular flexibility index (Phi) is 5.48. The average Bonchev–Trinajstić information content (AvgIpc) is 3.15. The first-order valence-electron chi connectivity index (χ1n) is 9.73. The van der Waals surface area contributed by atoms with Crippen LogP contribution in [0.4, 0.5) is 11.4 Å². The summed E-state index contributed by atoms with van der Waals surface area (Å²) in [4.78, 5) is 14.4. The number of hydrogen-bond donors (Lipinski definition) is 1. The summed E-state index contributed by atoms with van der Waals surface area (Å²) in [6.45, 7) is 0.590. The second-order valence-electron chi connectivity index (χ2n) is 7.19. The highest BCUT2D eigenvalue weighted by Gasteiger charge is 2.32. The van der Waals surface area contributed by atoms with Crippen molar-refractivity contribution in [3.8, 4) is 23.0 Å². The minimum atomic E-state index is 0.0532. The van der Waals surface area contributed by atoms with E-state index in [-0.39, 0.29) is 11.8 Å². The number of anilines is 2. The van der Waals surface area contributed by atoms with Crippen molar-refractivity contribution in [3.63, 3.8) is 0 Å². The molecule has 154 valence electrons. The quantitative estimate of drug-likeness (QED) is 0.608. The summed E-state index contributed by atoms with van der Waals surface area (Å²) in [7, 11) is 3.22. The van der Waals surface area contributed by atoms with Crippen LogP contribution < -0.4 is 24.8 Å². The van der Waals surface area contributed by atoms with Crippen LogP contribution in [-0.4, -0.2) is 26.7 Å². The second kappa shape index (κ2) is 8.37. The van der Waals surface area contributed by atoms with Gasteiger partial charge in [0.05, 0.1) is 14.2 Å². The molecule has 1 atom stereocenters. The van der Waals surface area contributed by atoms with Crippen LogP contribution in [0.2, 0.25) is 0 Å². The number of nitrogens with zero attached hydrogens (tertiary/aromatic N) is 1. The summed E-state index contributed by atoms with van der Waals surface area (Å²) in [5, 5.41) is 0. The van der Waals surface area contributed by atoms with E-state index in [1.807, 2.05) is 66.7 Å². The number of carbonyl (C=O) groups is 1. The van der Waals surface area contributed by atoms with Gasteiger partial charge >= 0.3 is 0 Å². The number of methoxy groups -OCH3 is 2. The molecular formula is C24H24N2O4. The van der Waals surface area contributed by atoms with Gasteiger partial charge in [0.25, 0.3) is 0 Å². The van der Waals surface area contributed by atoms with Gasteiger partial charge in [0.2, 0.25) is 5.91 Å². The summed E-state index contributed by atoms with van der Waals surface area (Å²) in [6, 6.07) is 20.6. The Morgan fingerprint density at radius 2 is 1.70 bits per heavy atom. The minimum Gasteiger partial charge on any atom is -0.497 e. The number of ether oxygens (including phenoxy) is 3. The minimum absolute atomic E-state index is 0.0532. The predicted molar refractivity (Wildman–Crippen MR) is 117 cm³/mol. The monoisotopic (exact) mass is 404 g/mol. The molecule has 0 aliphatic carbocycles. The Hall–Kier alpha value is -3.67. The van der Waals surface area contributed by atoms with Crippen molar-refractivity contribution in [2.45, 2.75) is 12.3 Å². The van der Waals surface area contributed by atoms with Crippen LogP contribution in [0.25, 0.3) is 0 Å². The van der Waals surface area contributed by atoms with Gasteiger partial charge in [-0.05, 0) is 48.0 Å². The molecule has 1 amide bonds. The maximum atomic E-state index is 12.7. The molecule has 30 heavy (non-hydrogen) atoms. The van der Waals surface area contributed by atoms with Gasteiger partial charge in [-0.15, -0.1) is 0 Å². The number of nitrogen functional groups attached to an aromatic ring is 1. The molecule has 3 aromatic rings. The third-order valence-corrected chi connectivity index (χ3v) is 5.24. The van der Waals surface area contributed by atoms with E-state index in [0.717, 1.165) is 11.3 Å². The van der Waals surface area contributed by atoms with Crippen molar-refractivity contribution in [2.24, 2.45) is 0 Å². The summed E-state index contributed by atoms with van der Waals surface area (Å²) in [6.07, 6.45) is 0.430. The van der Waals surface area contributed by atoms with E-state index in [0.29, 0.717) is 41.7 Å². The van der Waals surface area contributed by atoms with Crippen LogP contribution in [0.15, 0.2) is 66.7 Å². The molecule has 1 aliphatic heterocycles. The molecular weight excluding hydrogens is 380 g/mol. The average molecular weight is 404 g/mol. The molecule has 0 radical (unpaired) electrons. The third-order valence-electron chi connectivity index (χ3n) is 5.24. The third kappa shape index (κ3) is 4.03. The van der Waals surface area contributed by atoms with Gasteiger partial charge in [-0.1, -0.05) is 18.2 Å². The molecule has 1 heterocycles. The fourth-order valence-corrected chi connectivity index (χ4v) is 3.69. The van der Waals surface area contributed by atoms with Gasteiger partial charge in [-0.2, -0.15) is 0 Å². The number of carbonyl (C=O) groups excluding carboxylic acids is 1. The van der Waals surface area contributed by atoms with Crippen molar-refractivity contribution in [2.75, 3.05) is 31.4 Å². The zero-order chi connectivity index (χ0) is 21.1. The first-order chi connectivity index (χ1) is 14.6. The van der Waals surface area contributed by atoms with Gasteiger partial charge < -0.3 is 24.8 Å². The van der Waals surface area contributed by atoms with Crippen LogP contribution in [0.5, 0.6) is 23.0 Å². The van der Waals surface area contributed by atoms with E-state index in [2.05, 4.69) is 0 Å². The van der Waals surface area contributed by atoms with E-state index >= 15 is 0 Å². The Balaban J connectivity index is 1.59. The molecule has 0 spiro atoms. The number of benzene rings is 3. The number of rotatable bonds is 6. The molecule has 6 nitrogen and oxygen atoms in total. The molecule has 0 aromatic heterocycles. The molecule has 1 fully saturated rings. The first-order valence-corrected chi connectivity index (χ1v) is 9.73. The van der Waals surface area contributed by atoms with Gasteiger partial charge in [0, 0.05) is 36.3 Å². The van der Waals surface area contributed by atoms with Crippen molar-refractivity contribution < 1.29 is 19.0 Å². The largest absolute Gasteiger partial charge is 0.497 e. The number of amides is 1. The number of hydrogen-bond acceptors (Lipinski definition) is 5. The van der Waals surface area contributed by atoms with Gasteiger partial charge in [0.1, 0.15) is 11.5 Å². The fourth-order valence-electron chi connectivity index (χ4n) is 3.69. The van der Waals surface area contributed by atoms with E-state index in [1.165, 1.54) is 0 Å². The molecule has 1 unspecified atom stereocenters. The lowest BCUT2D eigenvalue weighted by atomic mass is 9.98. The Morgan fingerprint density at radius 1 is 0.900 bits per heavy atom.